The molecule has 1 atom stereocenters. The summed E-state index contributed by atoms with van der Waals surface area (Å²) in [6.45, 7) is 2.45. The Morgan fingerprint density at radius 2 is 1.46 bits per heavy atom. The highest BCUT2D eigenvalue weighted by Gasteiger charge is 2.26. The van der Waals surface area contributed by atoms with Crippen molar-refractivity contribution in [2.45, 2.75) is 32.4 Å². The third-order valence-electron chi connectivity index (χ3n) is 6.11. The molecule has 7 nitrogen and oxygen atoms in total. The van der Waals surface area contributed by atoms with Gasteiger partial charge in [-0.3, -0.25) is 9.59 Å². The molecule has 3 rings (SSSR count). The fourth-order valence-corrected chi connectivity index (χ4v) is 4.03. The molecular formula is C29H33ClN2O5. The second-order valence-corrected chi connectivity index (χ2v) is 9.02. The zero-order chi connectivity index (χ0) is 26.8. The Morgan fingerprint density at radius 1 is 0.838 bits per heavy atom. The number of nitrogens with zero attached hydrogens (tertiary/aromatic N) is 1. The van der Waals surface area contributed by atoms with Gasteiger partial charge in [-0.2, -0.15) is 0 Å². The van der Waals surface area contributed by atoms with Gasteiger partial charge in [0, 0.05) is 18.1 Å². The summed E-state index contributed by atoms with van der Waals surface area (Å²) < 4.78 is 15.9. The number of hydrogen-bond acceptors (Lipinski definition) is 5. The Morgan fingerprint density at radius 3 is 2.08 bits per heavy atom. The molecule has 2 amide bonds. The molecule has 3 aromatic rings. The molecule has 0 heterocycles. The van der Waals surface area contributed by atoms with E-state index in [-0.39, 0.29) is 18.2 Å². The van der Waals surface area contributed by atoms with Gasteiger partial charge in [0.25, 0.3) is 0 Å². The molecule has 0 fully saturated rings. The van der Waals surface area contributed by atoms with Crippen molar-refractivity contribution in [3.05, 3.63) is 88.4 Å². The Kier molecular flexibility index (Phi) is 10.2. The van der Waals surface area contributed by atoms with Crippen LogP contribution < -0.4 is 19.5 Å². The summed E-state index contributed by atoms with van der Waals surface area (Å²) in [6.07, 6.45) is 0.770. The average molecular weight is 525 g/mol. The Balaban J connectivity index is 1.69. The number of carbonyl (C=O) groups excluding carboxylic acids is 2. The molecule has 0 aromatic heterocycles. The molecule has 1 N–H and O–H groups in total. The summed E-state index contributed by atoms with van der Waals surface area (Å²) in [5, 5.41) is 3.57. The largest absolute Gasteiger partial charge is 0.497 e. The van der Waals surface area contributed by atoms with Crippen LogP contribution in [0.2, 0.25) is 5.02 Å². The standard InChI is InChI=1S/C29H33ClN2O5/c1-20(29(34)31-16-15-22-9-14-26(36-3)27(17-22)37-4)32(19-23-7-12-25(35-2)13-8-23)28(33)18-21-5-10-24(30)11-6-21/h5-14,17,20H,15-16,18-19H2,1-4H3,(H,31,34). The Bertz CT molecular complexity index is 1180. The minimum atomic E-state index is -0.674. The third kappa shape index (κ3) is 7.89. The summed E-state index contributed by atoms with van der Waals surface area (Å²) in [7, 11) is 4.78. The van der Waals surface area contributed by atoms with Crippen LogP contribution in [0.5, 0.6) is 17.2 Å². The number of rotatable bonds is 12. The molecule has 0 bridgehead atoms. The van der Waals surface area contributed by atoms with Crippen molar-refractivity contribution in [2.24, 2.45) is 0 Å². The van der Waals surface area contributed by atoms with E-state index in [4.69, 9.17) is 25.8 Å². The van der Waals surface area contributed by atoms with Crippen LogP contribution in [-0.2, 0) is 29.0 Å². The van der Waals surface area contributed by atoms with Gasteiger partial charge in [-0.1, -0.05) is 41.9 Å². The van der Waals surface area contributed by atoms with Crippen LogP contribution in [0.1, 0.15) is 23.6 Å². The number of ether oxygens (including phenoxy) is 3. The maximum absolute atomic E-state index is 13.4. The fraction of sp³-hybridized carbons (Fsp3) is 0.310. The van der Waals surface area contributed by atoms with Gasteiger partial charge in [0.05, 0.1) is 27.8 Å². The minimum absolute atomic E-state index is 0.152. The van der Waals surface area contributed by atoms with Crippen LogP contribution in [-0.4, -0.2) is 50.6 Å². The first kappa shape index (κ1) is 27.9. The van der Waals surface area contributed by atoms with Crippen LogP contribution in [0.3, 0.4) is 0 Å². The van der Waals surface area contributed by atoms with Crippen LogP contribution in [0, 0.1) is 0 Å². The number of halogens is 1. The SMILES string of the molecule is COc1ccc(CN(C(=O)Cc2ccc(Cl)cc2)C(C)C(=O)NCCc2ccc(OC)c(OC)c2)cc1. The predicted molar refractivity (Wildman–Crippen MR) is 144 cm³/mol. The van der Waals surface area contributed by atoms with E-state index >= 15 is 0 Å². The highest BCUT2D eigenvalue weighted by atomic mass is 35.5. The van der Waals surface area contributed by atoms with Crippen molar-refractivity contribution >= 4 is 23.4 Å². The lowest BCUT2D eigenvalue weighted by Crippen LogP contribution is -2.48. The van der Waals surface area contributed by atoms with Crippen LogP contribution in [0.4, 0.5) is 0 Å². The topological polar surface area (TPSA) is 77.1 Å². The van der Waals surface area contributed by atoms with Crippen molar-refractivity contribution in [3.8, 4) is 17.2 Å². The van der Waals surface area contributed by atoms with Crippen molar-refractivity contribution in [1.29, 1.82) is 0 Å². The first-order valence-corrected chi connectivity index (χ1v) is 12.4. The van der Waals surface area contributed by atoms with Crippen LogP contribution in [0.15, 0.2) is 66.7 Å². The lowest BCUT2D eigenvalue weighted by Gasteiger charge is -2.29. The molecule has 0 aliphatic rings. The maximum atomic E-state index is 13.4. The smallest absolute Gasteiger partial charge is 0.242 e. The summed E-state index contributed by atoms with van der Waals surface area (Å²) in [6, 6.07) is 19.6. The molecule has 8 heteroatoms. The molecular weight excluding hydrogens is 492 g/mol. The van der Waals surface area contributed by atoms with E-state index in [1.165, 1.54) is 0 Å². The van der Waals surface area contributed by atoms with E-state index < -0.39 is 6.04 Å². The van der Waals surface area contributed by atoms with Gasteiger partial charge in [0.2, 0.25) is 11.8 Å². The van der Waals surface area contributed by atoms with Crippen LogP contribution in [0.25, 0.3) is 0 Å². The normalized spacial score (nSPS) is 11.4. The molecule has 0 saturated carbocycles. The molecule has 0 aliphatic carbocycles. The van der Waals surface area contributed by atoms with Gasteiger partial charge in [-0.15, -0.1) is 0 Å². The quantitative estimate of drug-likeness (QED) is 0.372. The van der Waals surface area contributed by atoms with Crippen LogP contribution >= 0.6 is 11.6 Å². The molecule has 196 valence electrons. The van der Waals surface area contributed by atoms with Crippen molar-refractivity contribution in [1.82, 2.24) is 10.2 Å². The van der Waals surface area contributed by atoms with Gasteiger partial charge in [-0.05, 0) is 66.4 Å². The van der Waals surface area contributed by atoms with E-state index in [0.29, 0.717) is 36.0 Å². The lowest BCUT2D eigenvalue weighted by molar-refractivity contribution is -0.140. The summed E-state index contributed by atoms with van der Waals surface area (Å²) in [4.78, 5) is 28.1. The lowest BCUT2D eigenvalue weighted by atomic mass is 10.1. The zero-order valence-corrected chi connectivity index (χ0v) is 22.4. The Labute approximate surface area is 223 Å². The van der Waals surface area contributed by atoms with Gasteiger partial charge in [-0.25, -0.2) is 0 Å². The molecule has 1 unspecified atom stereocenters. The molecule has 0 aliphatic heterocycles. The van der Waals surface area contributed by atoms with Gasteiger partial charge >= 0.3 is 0 Å². The van der Waals surface area contributed by atoms with Crippen molar-refractivity contribution in [2.75, 3.05) is 27.9 Å². The molecule has 3 aromatic carbocycles. The van der Waals surface area contributed by atoms with Gasteiger partial charge < -0.3 is 24.4 Å². The molecule has 37 heavy (non-hydrogen) atoms. The zero-order valence-electron chi connectivity index (χ0n) is 21.6. The third-order valence-corrected chi connectivity index (χ3v) is 6.36. The number of hydrogen-bond donors (Lipinski definition) is 1. The first-order valence-electron chi connectivity index (χ1n) is 12.0. The van der Waals surface area contributed by atoms with E-state index in [2.05, 4.69) is 5.32 Å². The fourth-order valence-electron chi connectivity index (χ4n) is 3.90. The van der Waals surface area contributed by atoms with Gasteiger partial charge in [0.15, 0.2) is 11.5 Å². The second-order valence-electron chi connectivity index (χ2n) is 8.58. The maximum Gasteiger partial charge on any atom is 0.242 e. The van der Waals surface area contributed by atoms with Crippen molar-refractivity contribution < 1.29 is 23.8 Å². The van der Waals surface area contributed by atoms with Crippen molar-refractivity contribution in [3.63, 3.8) is 0 Å². The summed E-state index contributed by atoms with van der Waals surface area (Å²) in [5.41, 5.74) is 2.73. The summed E-state index contributed by atoms with van der Waals surface area (Å²) >= 11 is 5.99. The number of methoxy groups -OCH3 is 3. The molecule has 0 saturated heterocycles. The van der Waals surface area contributed by atoms with E-state index in [9.17, 15) is 9.59 Å². The molecule has 0 spiro atoms. The second kappa shape index (κ2) is 13.6. The van der Waals surface area contributed by atoms with E-state index in [1.54, 1.807) is 45.3 Å². The predicted octanol–water partition coefficient (Wildman–Crippen LogP) is 4.68. The number of amides is 2. The highest BCUT2D eigenvalue weighted by molar-refractivity contribution is 6.30. The van der Waals surface area contributed by atoms with E-state index in [1.807, 2.05) is 54.6 Å². The number of carbonyl (C=O) groups is 2. The monoisotopic (exact) mass is 524 g/mol. The van der Waals surface area contributed by atoms with Gasteiger partial charge in [0.1, 0.15) is 11.8 Å². The summed E-state index contributed by atoms with van der Waals surface area (Å²) in [5.74, 6) is 1.64. The number of nitrogens with one attached hydrogen (secondary N) is 1. The Hall–Kier alpha value is -3.71. The average Bonchev–Trinajstić information content (AvgIpc) is 2.92. The first-order chi connectivity index (χ1) is 17.8. The molecule has 0 radical (unpaired) electrons. The minimum Gasteiger partial charge on any atom is -0.497 e. The number of benzene rings is 3. The highest BCUT2D eigenvalue weighted by Crippen LogP contribution is 2.27. The van der Waals surface area contributed by atoms with E-state index in [0.717, 1.165) is 22.4 Å².